The van der Waals surface area contributed by atoms with Gasteiger partial charge in [-0.2, -0.15) is 5.26 Å². The van der Waals surface area contributed by atoms with Gasteiger partial charge < -0.3 is 15.4 Å². The van der Waals surface area contributed by atoms with Gasteiger partial charge >= 0.3 is 6.09 Å². The molecule has 2 N–H and O–H groups in total. The molecule has 6 heteroatoms. The first-order valence-electron chi connectivity index (χ1n) is 9.27. The minimum absolute atomic E-state index is 0.0598. The Morgan fingerprint density at radius 1 is 1.07 bits per heavy atom. The standard InChI is InChI=1S/C22H25N3O3/c1-17(12-13-24-22(27)28-16-18-8-4-2-5-9-18)14-21(26)25-20(15-23)19-10-6-3-7-11-19/h2-11,17,20H,12-14,16H2,1H3,(H,24,27)(H,25,26). The maximum Gasteiger partial charge on any atom is 0.407 e. The number of amides is 2. The van der Waals surface area contributed by atoms with E-state index < -0.39 is 12.1 Å². The molecule has 0 aliphatic rings. The van der Waals surface area contributed by atoms with E-state index in [0.717, 1.165) is 11.1 Å². The zero-order chi connectivity index (χ0) is 20.2. The third kappa shape index (κ3) is 7.50. The number of benzene rings is 2. The lowest BCUT2D eigenvalue weighted by Crippen LogP contribution is -2.30. The Kier molecular flexibility index (Phi) is 8.54. The Bertz CT molecular complexity index is 788. The lowest BCUT2D eigenvalue weighted by atomic mass is 10.0. The molecule has 0 aromatic heterocycles. The van der Waals surface area contributed by atoms with Crippen molar-refractivity contribution >= 4 is 12.0 Å². The van der Waals surface area contributed by atoms with E-state index in [1.54, 1.807) is 0 Å². The molecule has 2 amide bonds. The number of alkyl carbamates (subject to hydrolysis) is 1. The van der Waals surface area contributed by atoms with E-state index >= 15 is 0 Å². The molecule has 2 rings (SSSR count). The summed E-state index contributed by atoms with van der Waals surface area (Å²) < 4.78 is 5.14. The maximum absolute atomic E-state index is 12.2. The van der Waals surface area contributed by atoms with Gasteiger partial charge in [-0.05, 0) is 23.5 Å². The monoisotopic (exact) mass is 379 g/mol. The first kappa shape index (κ1) is 21.0. The largest absolute Gasteiger partial charge is 0.445 e. The van der Waals surface area contributed by atoms with E-state index in [-0.39, 0.29) is 24.9 Å². The van der Waals surface area contributed by atoms with Crippen molar-refractivity contribution in [2.75, 3.05) is 6.54 Å². The Balaban J connectivity index is 1.64. The summed E-state index contributed by atoms with van der Waals surface area (Å²) in [5.74, 6) is -0.126. The summed E-state index contributed by atoms with van der Waals surface area (Å²) in [6, 6.07) is 20.0. The van der Waals surface area contributed by atoms with E-state index in [9.17, 15) is 14.9 Å². The van der Waals surface area contributed by atoms with Gasteiger partial charge in [0.15, 0.2) is 0 Å². The van der Waals surface area contributed by atoms with Crippen LogP contribution in [0.5, 0.6) is 0 Å². The lowest BCUT2D eigenvalue weighted by molar-refractivity contribution is -0.122. The normalized spacial score (nSPS) is 12.3. The molecule has 2 atom stereocenters. The number of hydrogen-bond donors (Lipinski definition) is 2. The second kappa shape index (κ2) is 11.4. The fourth-order valence-electron chi connectivity index (χ4n) is 2.67. The fourth-order valence-corrected chi connectivity index (χ4v) is 2.67. The van der Waals surface area contributed by atoms with E-state index in [1.807, 2.05) is 67.6 Å². The van der Waals surface area contributed by atoms with Crippen LogP contribution in [0.3, 0.4) is 0 Å². The number of ether oxygens (including phenoxy) is 1. The second-order valence-electron chi connectivity index (χ2n) is 6.63. The fraction of sp³-hybridized carbons (Fsp3) is 0.318. The van der Waals surface area contributed by atoms with Crippen LogP contribution < -0.4 is 10.6 Å². The highest BCUT2D eigenvalue weighted by Crippen LogP contribution is 2.13. The number of hydrogen-bond acceptors (Lipinski definition) is 4. The average molecular weight is 379 g/mol. The van der Waals surface area contributed by atoms with Crippen molar-refractivity contribution < 1.29 is 14.3 Å². The summed E-state index contributed by atoms with van der Waals surface area (Å²) in [4.78, 5) is 23.9. The van der Waals surface area contributed by atoms with Crippen molar-refractivity contribution in [1.82, 2.24) is 10.6 Å². The van der Waals surface area contributed by atoms with Crippen LogP contribution in [0.25, 0.3) is 0 Å². The molecule has 0 aliphatic carbocycles. The van der Waals surface area contributed by atoms with E-state index in [4.69, 9.17) is 4.74 Å². The highest BCUT2D eigenvalue weighted by Gasteiger charge is 2.16. The summed E-state index contributed by atoms with van der Waals surface area (Å²) >= 11 is 0. The topological polar surface area (TPSA) is 91.2 Å². The number of carbonyl (C=O) groups is 2. The van der Waals surface area contributed by atoms with Gasteiger partial charge in [-0.1, -0.05) is 67.6 Å². The highest BCUT2D eigenvalue weighted by molar-refractivity contribution is 5.77. The Morgan fingerprint density at radius 2 is 1.71 bits per heavy atom. The molecule has 0 radical (unpaired) electrons. The zero-order valence-electron chi connectivity index (χ0n) is 15.9. The number of nitrogens with zero attached hydrogens (tertiary/aromatic N) is 1. The van der Waals surface area contributed by atoms with E-state index in [1.165, 1.54) is 0 Å². The molecule has 28 heavy (non-hydrogen) atoms. The summed E-state index contributed by atoms with van der Waals surface area (Å²) in [6.07, 6.45) is 0.441. The molecular weight excluding hydrogens is 354 g/mol. The third-order valence-electron chi connectivity index (χ3n) is 4.22. The first-order valence-corrected chi connectivity index (χ1v) is 9.27. The molecule has 0 fully saturated rings. The predicted octanol–water partition coefficient (Wildman–Crippen LogP) is 3.71. The Hall–Kier alpha value is -3.33. The zero-order valence-corrected chi connectivity index (χ0v) is 15.9. The number of rotatable bonds is 9. The molecule has 0 saturated heterocycles. The molecule has 2 unspecified atom stereocenters. The molecule has 146 valence electrons. The van der Waals surface area contributed by atoms with Crippen LogP contribution in [0, 0.1) is 17.2 Å². The van der Waals surface area contributed by atoms with Crippen LogP contribution in [0.15, 0.2) is 60.7 Å². The van der Waals surface area contributed by atoms with Crippen molar-refractivity contribution in [2.24, 2.45) is 5.92 Å². The molecule has 0 spiro atoms. The predicted molar refractivity (Wildman–Crippen MR) is 106 cm³/mol. The van der Waals surface area contributed by atoms with Gasteiger partial charge in [-0.15, -0.1) is 0 Å². The second-order valence-corrected chi connectivity index (χ2v) is 6.63. The minimum Gasteiger partial charge on any atom is -0.445 e. The minimum atomic E-state index is -0.660. The van der Waals surface area contributed by atoms with E-state index in [0.29, 0.717) is 13.0 Å². The summed E-state index contributed by atoms with van der Waals surface area (Å²) in [6.45, 7) is 2.57. The van der Waals surface area contributed by atoms with Gasteiger partial charge in [-0.3, -0.25) is 4.79 Å². The van der Waals surface area contributed by atoms with Crippen molar-refractivity contribution in [3.8, 4) is 6.07 Å². The molecule has 0 heterocycles. The van der Waals surface area contributed by atoms with Crippen LogP contribution in [0.1, 0.15) is 36.9 Å². The van der Waals surface area contributed by atoms with Crippen molar-refractivity contribution in [1.29, 1.82) is 5.26 Å². The molecule has 6 nitrogen and oxygen atoms in total. The molecule has 0 saturated carbocycles. The van der Waals surface area contributed by atoms with Gasteiger partial charge in [-0.25, -0.2) is 4.79 Å². The molecule has 2 aromatic rings. The van der Waals surface area contributed by atoms with Crippen molar-refractivity contribution in [3.63, 3.8) is 0 Å². The van der Waals surface area contributed by atoms with Crippen LogP contribution >= 0.6 is 0 Å². The van der Waals surface area contributed by atoms with Gasteiger partial charge in [0, 0.05) is 13.0 Å². The van der Waals surface area contributed by atoms with Gasteiger partial charge in [0.05, 0.1) is 6.07 Å². The molecule has 0 bridgehead atoms. The third-order valence-corrected chi connectivity index (χ3v) is 4.22. The molecular formula is C22H25N3O3. The smallest absolute Gasteiger partial charge is 0.407 e. The molecule has 2 aromatic carbocycles. The Morgan fingerprint density at radius 3 is 2.36 bits per heavy atom. The van der Waals surface area contributed by atoms with Crippen LogP contribution in [-0.4, -0.2) is 18.5 Å². The quantitative estimate of drug-likeness (QED) is 0.695. The highest BCUT2D eigenvalue weighted by atomic mass is 16.5. The number of nitriles is 1. The van der Waals surface area contributed by atoms with Gasteiger partial charge in [0.1, 0.15) is 12.6 Å². The molecule has 0 aliphatic heterocycles. The van der Waals surface area contributed by atoms with Gasteiger partial charge in [0.25, 0.3) is 0 Å². The number of carbonyl (C=O) groups excluding carboxylic acids is 2. The Labute approximate surface area is 165 Å². The summed E-state index contributed by atoms with van der Waals surface area (Å²) in [5.41, 5.74) is 1.68. The maximum atomic E-state index is 12.2. The summed E-state index contributed by atoms with van der Waals surface area (Å²) in [5, 5.41) is 14.7. The van der Waals surface area contributed by atoms with Crippen LogP contribution in [0.2, 0.25) is 0 Å². The number of nitrogens with one attached hydrogen (secondary N) is 2. The van der Waals surface area contributed by atoms with Gasteiger partial charge in [0.2, 0.25) is 5.91 Å². The van der Waals surface area contributed by atoms with Crippen LogP contribution in [-0.2, 0) is 16.1 Å². The SMILES string of the molecule is CC(CCNC(=O)OCc1ccccc1)CC(=O)NC(C#N)c1ccccc1. The first-order chi connectivity index (χ1) is 13.6. The summed E-state index contributed by atoms with van der Waals surface area (Å²) in [7, 11) is 0. The lowest BCUT2D eigenvalue weighted by Gasteiger charge is -2.15. The van der Waals surface area contributed by atoms with E-state index in [2.05, 4.69) is 16.7 Å². The van der Waals surface area contributed by atoms with Crippen LogP contribution in [0.4, 0.5) is 4.79 Å². The van der Waals surface area contributed by atoms with Crippen molar-refractivity contribution in [2.45, 2.75) is 32.4 Å². The average Bonchev–Trinajstić information content (AvgIpc) is 2.72. The van der Waals surface area contributed by atoms with Crippen molar-refractivity contribution in [3.05, 3.63) is 71.8 Å².